The number of nitrogens with zero attached hydrogens (tertiary/aromatic N) is 3. The lowest BCUT2D eigenvalue weighted by atomic mass is 10.1. The van der Waals surface area contributed by atoms with Crippen molar-refractivity contribution in [2.45, 2.75) is 25.4 Å². The van der Waals surface area contributed by atoms with Crippen LogP contribution in [0.1, 0.15) is 24.0 Å². The van der Waals surface area contributed by atoms with Gasteiger partial charge in [0.05, 0.1) is 16.9 Å². The lowest BCUT2D eigenvalue weighted by Crippen LogP contribution is -2.14. The van der Waals surface area contributed by atoms with Gasteiger partial charge in [-0.25, -0.2) is 4.68 Å². The Hall–Kier alpha value is -2.83. The fraction of sp³-hybridized carbons (Fsp3) is 0.263. The Kier molecular flexibility index (Phi) is 4.14. The Bertz CT molecular complexity index is 916. The fourth-order valence-corrected chi connectivity index (χ4v) is 3.31. The molecule has 0 unspecified atom stereocenters. The standard InChI is InChI=1S/C19H17F3N4/c20-19(21,22)15-8-1-2-9-16(15)26-18-14(7-3-4-11-24-18)17(25-26)13-6-5-10-23-12-13/h1-2,5-6,8-10,12,24H,3-4,7,11H2. The van der Waals surface area contributed by atoms with Crippen molar-refractivity contribution in [3.8, 4) is 16.9 Å². The van der Waals surface area contributed by atoms with E-state index >= 15 is 0 Å². The van der Waals surface area contributed by atoms with Gasteiger partial charge in [0.15, 0.2) is 0 Å². The zero-order valence-corrected chi connectivity index (χ0v) is 13.9. The number of hydrogen-bond donors (Lipinski definition) is 1. The summed E-state index contributed by atoms with van der Waals surface area (Å²) in [7, 11) is 0. The fourth-order valence-electron chi connectivity index (χ4n) is 3.31. The Balaban J connectivity index is 1.95. The number of aromatic nitrogens is 3. The highest BCUT2D eigenvalue weighted by molar-refractivity contribution is 5.71. The third kappa shape index (κ3) is 2.94. The number of halogens is 3. The summed E-state index contributed by atoms with van der Waals surface area (Å²) in [6.45, 7) is 0.708. The molecule has 1 aliphatic heterocycles. The van der Waals surface area contributed by atoms with Crippen LogP contribution in [-0.4, -0.2) is 21.3 Å². The Morgan fingerprint density at radius 2 is 1.88 bits per heavy atom. The van der Waals surface area contributed by atoms with Gasteiger partial charge in [-0.05, 0) is 43.5 Å². The predicted octanol–water partition coefficient (Wildman–Crippen LogP) is 4.70. The first-order valence-corrected chi connectivity index (χ1v) is 8.48. The monoisotopic (exact) mass is 358 g/mol. The van der Waals surface area contributed by atoms with E-state index in [4.69, 9.17) is 0 Å². The van der Waals surface area contributed by atoms with Gasteiger partial charge in [0.2, 0.25) is 0 Å². The Labute approximate surface area is 148 Å². The normalized spacial score (nSPS) is 14.4. The van der Waals surface area contributed by atoms with Crippen molar-refractivity contribution in [3.63, 3.8) is 0 Å². The maximum atomic E-state index is 13.5. The maximum Gasteiger partial charge on any atom is 0.418 e. The molecule has 0 fully saturated rings. The summed E-state index contributed by atoms with van der Waals surface area (Å²) in [6.07, 6.45) is 1.58. The Morgan fingerprint density at radius 3 is 2.65 bits per heavy atom. The van der Waals surface area contributed by atoms with Gasteiger partial charge in [0.1, 0.15) is 5.82 Å². The summed E-state index contributed by atoms with van der Waals surface area (Å²) in [6, 6.07) is 9.21. The summed E-state index contributed by atoms with van der Waals surface area (Å²) in [5.41, 5.74) is 1.75. The molecule has 2 aromatic heterocycles. The van der Waals surface area contributed by atoms with Crippen molar-refractivity contribution in [2.24, 2.45) is 0 Å². The molecule has 3 heterocycles. The number of hydrogen-bond acceptors (Lipinski definition) is 3. The topological polar surface area (TPSA) is 42.7 Å². The van der Waals surface area contributed by atoms with E-state index in [0.717, 1.165) is 36.5 Å². The van der Waals surface area contributed by atoms with E-state index in [1.807, 2.05) is 6.07 Å². The minimum Gasteiger partial charge on any atom is -0.370 e. The van der Waals surface area contributed by atoms with Crippen LogP contribution in [0.15, 0.2) is 48.8 Å². The molecule has 4 nitrogen and oxygen atoms in total. The third-order valence-electron chi connectivity index (χ3n) is 4.50. The molecule has 0 amide bonds. The van der Waals surface area contributed by atoms with Gasteiger partial charge in [-0.2, -0.15) is 18.3 Å². The lowest BCUT2D eigenvalue weighted by molar-refractivity contribution is -0.137. The van der Waals surface area contributed by atoms with Crippen molar-refractivity contribution in [3.05, 3.63) is 59.9 Å². The lowest BCUT2D eigenvalue weighted by Gasteiger charge is -2.15. The molecule has 0 radical (unpaired) electrons. The van der Waals surface area contributed by atoms with Crippen molar-refractivity contribution in [1.29, 1.82) is 0 Å². The number of alkyl halides is 3. The number of rotatable bonds is 2. The minimum absolute atomic E-state index is 0.0285. The summed E-state index contributed by atoms with van der Waals surface area (Å²) >= 11 is 0. The van der Waals surface area contributed by atoms with Crippen LogP contribution in [0, 0.1) is 0 Å². The largest absolute Gasteiger partial charge is 0.418 e. The minimum atomic E-state index is -4.45. The first-order chi connectivity index (χ1) is 12.6. The summed E-state index contributed by atoms with van der Waals surface area (Å²) < 4.78 is 41.9. The molecule has 0 spiro atoms. The van der Waals surface area contributed by atoms with E-state index in [0.29, 0.717) is 18.1 Å². The zero-order chi connectivity index (χ0) is 18.1. The number of anilines is 1. The van der Waals surface area contributed by atoms with Crippen LogP contribution in [0.5, 0.6) is 0 Å². The molecule has 4 rings (SSSR count). The third-order valence-corrected chi connectivity index (χ3v) is 4.50. The SMILES string of the molecule is FC(F)(F)c1ccccc1-n1nc(-c2cccnc2)c2c1NCCCC2. The highest BCUT2D eigenvalue weighted by atomic mass is 19.4. The van der Waals surface area contributed by atoms with E-state index in [9.17, 15) is 13.2 Å². The number of nitrogens with one attached hydrogen (secondary N) is 1. The highest BCUT2D eigenvalue weighted by Crippen LogP contribution is 2.38. The van der Waals surface area contributed by atoms with E-state index < -0.39 is 11.7 Å². The number of fused-ring (bicyclic) bond motifs is 1. The van der Waals surface area contributed by atoms with Gasteiger partial charge < -0.3 is 5.32 Å². The molecule has 0 saturated carbocycles. The van der Waals surface area contributed by atoms with Crippen LogP contribution in [0.25, 0.3) is 16.9 Å². The summed E-state index contributed by atoms with van der Waals surface area (Å²) in [5, 5.41) is 7.84. The average molecular weight is 358 g/mol. The van der Waals surface area contributed by atoms with Crippen LogP contribution in [0.4, 0.5) is 19.0 Å². The summed E-state index contributed by atoms with van der Waals surface area (Å²) in [5.74, 6) is 0.637. The molecule has 3 aromatic rings. The molecule has 26 heavy (non-hydrogen) atoms. The van der Waals surface area contributed by atoms with Crippen molar-refractivity contribution in [1.82, 2.24) is 14.8 Å². The van der Waals surface area contributed by atoms with Crippen molar-refractivity contribution < 1.29 is 13.2 Å². The van der Waals surface area contributed by atoms with Crippen LogP contribution in [0.3, 0.4) is 0 Å². The van der Waals surface area contributed by atoms with E-state index in [1.165, 1.54) is 16.8 Å². The van der Waals surface area contributed by atoms with Crippen LogP contribution in [-0.2, 0) is 12.6 Å². The van der Waals surface area contributed by atoms with Crippen molar-refractivity contribution in [2.75, 3.05) is 11.9 Å². The molecule has 134 valence electrons. The second-order valence-corrected chi connectivity index (χ2v) is 6.23. The summed E-state index contributed by atoms with van der Waals surface area (Å²) in [4.78, 5) is 4.12. The Morgan fingerprint density at radius 1 is 1.04 bits per heavy atom. The smallest absolute Gasteiger partial charge is 0.370 e. The molecule has 0 atom stereocenters. The zero-order valence-electron chi connectivity index (χ0n) is 13.9. The second kappa shape index (κ2) is 6.48. The first-order valence-electron chi connectivity index (χ1n) is 8.48. The van der Waals surface area contributed by atoms with E-state index in [2.05, 4.69) is 15.4 Å². The molecule has 0 aliphatic carbocycles. The molecule has 1 aliphatic rings. The van der Waals surface area contributed by atoms with E-state index in [-0.39, 0.29) is 5.69 Å². The van der Waals surface area contributed by atoms with Gasteiger partial charge in [0, 0.05) is 30.1 Å². The van der Waals surface area contributed by atoms with Crippen LogP contribution in [0.2, 0.25) is 0 Å². The van der Waals surface area contributed by atoms with Gasteiger partial charge >= 0.3 is 6.18 Å². The number of benzene rings is 1. The predicted molar refractivity (Wildman–Crippen MR) is 93.2 cm³/mol. The van der Waals surface area contributed by atoms with Gasteiger partial charge in [-0.3, -0.25) is 4.98 Å². The molecule has 1 aromatic carbocycles. The van der Waals surface area contributed by atoms with E-state index in [1.54, 1.807) is 24.5 Å². The maximum absolute atomic E-state index is 13.5. The number of para-hydroxylation sites is 1. The van der Waals surface area contributed by atoms with Gasteiger partial charge in [-0.1, -0.05) is 12.1 Å². The van der Waals surface area contributed by atoms with Crippen LogP contribution < -0.4 is 5.32 Å². The average Bonchev–Trinajstić information content (AvgIpc) is 2.83. The molecular weight excluding hydrogens is 341 g/mol. The number of pyridine rings is 1. The first kappa shape index (κ1) is 16.6. The molecule has 1 N–H and O–H groups in total. The second-order valence-electron chi connectivity index (χ2n) is 6.23. The highest BCUT2D eigenvalue weighted by Gasteiger charge is 2.35. The van der Waals surface area contributed by atoms with Gasteiger partial charge in [0.25, 0.3) is 0 Å². The van der Waals surface area contributed by atoms with Gasteiger partial charge in [-0.15, -0.1) is 0 Å². The molecular formula is C19H17F3N4. The van der Waals surface area contributed by atoms with Crippen LogP contribution >= 0.6 is 0 Å². The van der Waals surface area contributed by atoms with Crippen molar-refractivity contribution >= 4 is 5.82 Å². The molecule has 0 bridgehead atoms. The molecule has 7 heteroatoms. The molecule has 0 saturated heterocycles. The quantitative estimate of drug-likeness (QED) is 0.722.